The van der Waals surface area contributed by atoms with Gasteiger partial charge in [0.15, 0.2) is 10.1 Å². The van der Waals surface area contributed by atoms with Crippen LogP contribution < -0.4 is 20.7 Å². The third-order valence-corrected chi connectivity index (χ3v) is 9.18. The van der Waals surface area contributed by atoms with E-state index in [1.807, 2.05) is 24.3 Å². The summed E-state index contributed by atoms with van der Waals surface area (Å²) in [5, 5.41) is 22.0. The van der Waals surface area contributed by atoms with Crippen LogP contribution >= 0.6 is 39.0 Å². The molecule has 1 aromatic heterocycles. The van der Waals surface area contributed by atoms with Gasteiger partial charge in [0.1, 0.15) is 11.6 Å². The molecule has 1 amide bonds. The molecule has 198 valence electrons. The number of carbonyl (C=O) groups is 2. The summed E-state index contributed by atoms with van der Waals surface area (Å²) >= 11 is 6.09. The lowest BCUT2D eigenvalue weighted by atomic mass is 9.76. The van der Waals surface area contributed by atoms with Crippen molar-refractivity contribution < 1.29 is 14.3 Å². The van der Waals surface area contributed by atoms with Crippen LogP contribution in [0, 0.1) is 11.3 Å². The van der Waals surface area contributed by atoms with Crippen LogP contribution in [0.5, 0.6) is 5.75 Å². The van der Waals surface area contributed by atoms with Crippen molar-refractivity contribution in [3.05, 3.63) is 81.2 Å². The Morgan fingerprint density at radius 2 is 2.03 bits per heavy atom. The van der Waals surface area contributed by atoms with E-state index in [2.05, 4.69) is 37.5 Å². The molecule has 0 saturated carbocycles. The van der Waals surface area contributed by atoms with Gasteiger partial charge in [0.2, 0.25) is 11.0 Å². The molecule has 3 N–H and O–H groups in total. The smallest absolute Gasteiger partial charge is 0.234 e. The molecule has 1 aliphatic heterocycles. The van der Waals surface area contributed by atoms with Crippen LogP contribution in [0.4, 0.5) is 10.8 Å². The second-order valence-corrected chi connectivity index (χ2v) is 11.8. The molecule has 1 aliphatic carbocycles. The highest BCUT2D eigenvalue weighted by Gasteiger charge is 2.41. The monoisotopic (exact) mass is 622 g/mol. The lowest BCUT2D eigenvalue weighted by Crippen LogP contribution is -2.38. The van der Waals surface area contributed by atoms with Crippen LogP contribution in [0.15, 0.2) is 80.0 Å². The Morgan fingerprint density at radius 3 is 2.74 bits per heavy atom. The number of ketones is 1. The first-order valence-corrected chi connectivity index (χ1v) is 14.6. The van der Waals surface area contributed by atoms with Crippen molar-refractivity contribution in [2.75, 3.05) is 23.1 Å². The van der Waals surface area contributed by atoms with Crippen LogP contribution in [0.2, 0.25) is 0 Å². The first kappa shape index (κ1) is 26.9. The van der Waals surface area contributed by atoms with Gasteiger partial charge in [0.25, 0.3) is 0 Å². The molecule has 2 aliphatic rings. The predicted molar refractivity (Wildman–Crippen MR) is 154 cm³/mol. The zero-order chi connectivity index (χ0) is 27.5. The van der Waals surface area contributed by atoms with E-state index < -0.39 is 5.92 Å². The summed E-state index contributed by atoms with van der Waals surface area (Å²) in [6.07, 6.45) is 1.71. The molecule has 0 spiro atoms. The number of methoxy groups -OCH3 is 1. The topological polar surface area (TPSA) is 134 Å². The van der Waals surface area contributed by atoms with Crippen LogP contribution in [0.3, 0.4) is 0 Å². The van der Waals surface area contributed by atoms with Crippen LogP contribution in [-0.2, 0) is 9.59 Å². The number of halogens is 1. The largest absolute Gasteiger partial charge is 0.497 e. The fourth-order valence-electron chi connectivity index (χ4n) is 4.68. The van der Waals surface area contributed by atoms with Gasteiger partial charge in [-0.3, -0.25) is 14.5 Å². The average Bonchev–Trinajstić information content (AvgIpc) is 3.41. The molecule has 2 aromatic carbocycles. The summed E-state index contributed by atoms with van der Waals surface area (Å²) in [6.45, 7) is 0. The Kier molecular flexibility index (Phi) is 8.02. The van der Waals surface area contributed by atoms with E-state index >= 15 is 0 Å². The minimum absolute atomic E-state index is 0.00318. The summed E-state index contributed by atoms with van der Waals surface area (Å²) in [5.41, 5.74) is 9.70. The third-order valence-electron chi connectivity index (χ3n) is 6.42. The van der Waals surface area contributed by atoms with Gasteiger partial charge in [0, 0.05) is 27.9 Å². The van der Waals surface area contributed by atoms with Crippen LogP contribution in [0.1, 0.15) is 30.7 Å². The number of aromatic nitrogens is 2. The van der Waals surface area contributed by atoms with Crippen molar-refractivity contribution in [2.45, 2.75) is 29.5 Å². The van der Waals surface area contributed by atoms with Crippen molar-refractivity contribution in [3.8, 4) is 11.8 Å². The van der Waals surface area contributed by atoms with E-state index in [0.29, 0.717) is 51.3 Å². The highest BCUT2D eigenvalue weighted by Crippen LogP contribution is 2.48. The summed E-state index contributed by atoms with van der Waals surface area (Å²) in [4.78, 5) is 27.4. The molecule has 3 aromatic rings. The molecule has 39 heavy (non-hydrogen) atoms. The number of hydrogen-bond acceptors (Lipinski definition) is 10. The van der Waals surface area contributed by atoms with Crippen molar-refractivity contribution in [3.63, 3.8) is 0 Å². The summed E-state index contributed by atoms with van der Waals surface area (Å²) in [7, 11) is 1.58. The maximum atomic E-state index is 13.3. The minimum Gasteiger partial charge on any atom is -0.497 e. The standard InChI is InChI=1S/C27H23BrN6O3S2/c1-37-16-11-9-15(10-12-16)31-22(36)14-38-27-33-32-26(39-27)34-20-7-4-8-21(35)24(20)23(18(13-29)25(34)30)17-5-2-3-6-19(17)28/h2-3,5-6,9-12,23H,4,7-8,14,30H2,1H3,(H,31,36). The highest BCUT2D eigenvalue weighted by atomic mass is 79.9. The van der Waals surface area contributed by atoms with Gasteiger partial charge in [-0.15, -0.1) is 10.2 Å². The van der Waals surface area contributed by atoms with E-state index in [9.17, 15) is 14.9 Å². The molecule has 1 unspecified atom stereocenters. The number of allylic oxidation sites excluding steroid dienone is 3. The third kappa shape index (κ3) is 5.43. The first-order chi connectivity index (χ1) is 18.9. The second kappa shape index (κ2) is 11.6. The molecule has 5 rings (SSSR count). The van der Waals surface area contributed by atoms with E-state index in [-0.39, 0.29) is 23.3 Å². The maximum absolute atomic E-state index is 13.3. The molecule has 2 heterocycles. The zero-order valence-electron chi connectivity index (χ0n) is 20.8. The number of hydrogen-bond donors (Lipinski definition) is 2. The molecule has 1 atom stereocenters. The Hall–Kier alpha value is -3.66. The number of nitrogens with one attached hydrogen (secondary N) is 1. The normalized spacial score (nSPS) is 17.1. The average molecular weight is 624 g/mol. The number of carbonyl (C=O) groups excluding carboxylic acids is 2. The van der Waals surface area contributed by atoms with E-state index in [4.69, 9.17) is 10.5 Å². The van der Waals surface area contributed by atoms with Crippen molar-refractivity contribution in [2.24, 2.45) is 5.73 Å². The number of thioether (sulfide) groups is 1. The molecule has 0 fully saturated rings. The van der Waals surface area contributed by atoms with Gasteiger partial charge in [-0.1, -0.05) is 57.2 Å². The van der Waals surface area contributed by atoms with E-state index in [0.717, 1.165) is 15.7 Å². The number of amides is 1. The molecule has 0 saturated heterocycles. The highest BCUT2D eigenvalue weighted by molar-refractivity contribution is 9.10. The van der Waals surface area contributed by atoms with Crippen LogP contribution in [0.25, 0.3) is 0 Å². The van der Waals surface area contributed by atoms with Gasteiger partial charge in [-0.25, -0.2) is 0 Å². The number of benzene rings is 2. The Bertz CT molecular complexity index is 1540. The van der Waals surface area contributed by atoms with Crippen molar-refractivity contribution in [1.82, 2.24) is 10.2 Å². The minimum atomic E-state index is -0.562. The molecule has 0 radical (unpaired) electrons. The predicted octanol–water partition coefficient (Wildman–Crippen LogP) is 5.34. The number of nitrogens with two attached hydrogens (primary N) is 1. The number of rotatable bonds is 7. The fourth-order valence-corrected chi connectivity index (χ4v) is 6.87. The van der Waals surface area contributed by atoms with Gasteiger partial charge < -0.3 is 15.8 Å². The van der Waals surface area contributed by atoms with Gasteiger partial charge in [0.05, 0.1) is 30.4 Å². The number of nitriles is 1. The molecule has 0 bridgehead atoms. The maximum Gasteiger partial charge on any atom is 0.234 e. The SMILES string of the molecule is COc1ccc(NC(=O)CSc2nnc(N3C(N)=C(C#N)C(c4ccccc4Br)C4=C3CCCC4=O)s2)cc1. The fraction of sp³-hybridized carbons (Fsp3) is 0.222. The Morgan fingerprint density at radius 1 is 1.26 bits per heavy atom. The van der Waals surface area contributed by atoms with Crippen LogP contribution in [-0.4, -0.2) is 34.8 Å². The quantitative estimate of drug-likeness (QED) is 0.334. The van der Waals surface area contributed by atoms with E-state index in [1.54, 1.807) is 36.3 Å². The first-order valence-electron chi connectivity index (χ1n) is 12.0. The van der Waals surface area contributed by atoms with E-state index in [1.165, 1.54) is 23.1 Å². The number of Topliss-reactive ketones (excluding diaryl/α,β-unsaturated/α-hetero) is 1. The number of ether oxygens (including phenoxy) is 1. The zero-order valence-corrected chi connectivity index (χ0v) is 24.0. The molecule has 9 nitrogen and oxygen atoms in total. The molecular formula is C27H23BrN6O3S2. The number of nitrogens with zero attached hydrogens (tertiary/aromatic N) is 4. The Balaban J connectivity index is 1.40. The molecule has 12 heteroatoms. The van der Waals surface area contributed by atoms with Gasteiger partial charge >= 0.3 is 0 Å². The Labute approximate surface area is 241 Å². The van der Waals surface area contributed by atoms with Crippen molar-refractivity contribution in [1.29, 1.82) is 5.26 Å². The summed E-state index contributed by atoms with van der Waals surface area (Å²) in [6, 6.07) is 16.9. The van der Waals surface area contributed by atoms with Crippen molar-refractivity contribution >= 4 is 61.5 Å². The molecular weight excluding hydrogens is 600 g/mol. The van der Waals surface area contributed by atoms with Gasteiger partial charge in [-0.2, -0.15) is 5.26 Å². The lowest BCUT2D eigenvalue weighted by Gasteiger charge is -2.38. The summed E-state index contributed by atoms with van der Waals surface area (Å²) in [5.74, 6) is 0.313. The second-order valence-electron chi connectivity index (χ2n) is 8.75. The van der Waals surface area contributed by atoms with Gasteiger partial charge in [-0.05, 0) is 48.7 Å². The number of anilines is 2. The lowest BCUT2D eigenvalue weighted by molar-refractivity contribution is -0.116. The summed E-state index contributed by atoms with van der Waals surface area (Å²) < 4.78 is 6.51.